The number of rotatable bonds is 10. The van der Waals surface area contributed by atoms with Gasteiger partial charge in [-0.25, -0.2) is 0 Å². The van der Waals surface area contributed by atoms with E-state index >= 15 is 0 Å². The largest absolute Gasteiger partial charge is 0.497 e. The summed E-state index contributed by atoms with van der Waals surface area (Å²) in [6.45, 7) is 5.34. The van der Waals surface area contributed by atoms with Gasteiger partial charge in [0.25, 0.3) is 0 Å². The first-order valence-electron chi connectivity index (χ1n) is 15.8. The van der Waals surface area contributed by atoms with Crippen molar-refractivity contribution in [3.8, 4) is 5.75 Å². The molecule has 0 saturated heterocycles. The Bertz CT molecular complexity index is 1140. The summed E-state index contributed by atoms with van der Waals surface area (Å²) in [7, 11) is 3.37. The fourth-order valence-corrected chi connectivity index (χ4v) is 5.70. The summed E-state index contributed by atoms with van der Waals surface area (Å²) in [5.41, 5.74) is 2.04. The van der Waals surface area contributed by atoms with Gasteiger partial charge >= 0.3 is 0 Å². The number of carbonyl (C=O) groups excluding carboxylic acids is 2. The molecule has 4 atom stereocenters. The number of likely N-dealkylation sites (N-methyl/N-ethyl adjacent to an activating group) is 1. The van der Waals surface area contributed by atoms with Gasteiger partial charge in [0.1, 0.15) is 11.8 Å². The Hall–Kier alpha value is -3.20. The molecule has 1 heterocycles. The molecular weight excluding hydrogens is 542 g/mol. The van der Waals surface area contributed by atoms with Gasteiger partial charge in [0.2, 0.25) is 11.8 Å². The van der Waals surface area contributed by atoms with Crippen molar-refractivity contribution in [1.29, 1.82) is 0 Å². The maximum atomic E-state index is 13.9. The molecule has 3 rings (SSSR count). The first-order chi connectivity index (χ1) is 20.9. The van der Waals surface area contributed by atoms with Gasteiger partial charge in [-0.2, -0.15) is 0 Å². The molecular formula is C35H51N3O5. The summed E-state index contributed by atoms with van der Waals surface area (Å²) in [6.07, 6.45) is 7.88. The molecule has 1 aliphatic heterocycles. The van der Waals surface area contributed by atoms with E-state index in [9.17, 15) is 14.7 Å². The third-order valence-electron chi connectivity index (χ3n) is 8.19. The summed E-state index contributed by atoms with van der Waals surface area (Å²) in [4.78, 5) is 29.1. The highest BCUT2D eigenvalue weighted by Crippen LogP contribution is 2.23. The van der Waals surface area contributed by atoms with Gasteiger partial charge in [0.15, 0.2) is 0 Å². The molecule has 0 fully saturated rings. The maximum Gasteiger partial charge on any atom is 0.243 e. The number of carbonyl (C=O) groups is 2. The zero-order valence-corrected chi connectivity index (χ0v) is 26.3. The fourth-order valence-electron chi connectivity index (χ4n) is 5.70. The number of hydrogen-bond acceptors (Lipinski definition) is 6. The van der Waals surface area contributed by atoms with Gasteiger partial charge in [-0.15, -0.1) is 0 Å². The van der Waals surface area contributed by atoms with Crippen LogP contribution in [0, 0.1) is 5.92 Å². The van der Waals surface area contributed by atoms with E-state index in [0.717, 1.165) is 42.6 Å². The zero-order valence-electron chi connectivity index (χ0n) is 26.3. The Balaban J connectivity index is 1.88. The smallest absolute Gasteiger partial charge is 0.243 e. The van der Waals surface area contributed by atoms with Crippen molar-refractivity contribution in [2.75, 3.05) is 33.9 Å². The molecule has 2 aromatic rings. The van der Waals surface area contributed by atoms with Crippen molar-refractivity contribution in [1.82, 2.24) is 15.5 Å². The molecule has 3 N–H and O–H groups in total. The Morgan fingerprint density at radius 2 is 1.84 bits per heavy atom. The van der Waals surface area contributed by atoms with Gasteiger partial charge in [-0.3, -0.25) is 9.59 Å². The van der Waals surface area contributed by atoms with Crippen LogP contribution in [0.3, 0.4) is 0 Å². The van der Waals surface area contributed by atoms with E-state index in [-0.39, 0.29) is 30.3 Å². The molecule has 43 heavy (non-hydrogen) atoms. The predicted molar refractivity (Wildman–Crippen MR) is 171 cm³/mol. The number of nitrogens with zero attached hydrogens (tertiary/aromatic N) is 1. The van der Waals surface area contributed by atoms with Crippen LogP contribution in [0.4, 0.5) is 0 Å². The molecule has 8 heteroatoms. The first-order valence-corrected chi connectivity index (χ1v) is 15.8. The molecule has 0 radical (unpaired) electrons. The molecule has 0 aliphatic carbocycles. The molecule has 0 aromatic heterocycles. The molecule has 8 nitrogen and oxygen atoms in total. The number of ether oxygens (including phenoxy) is 2. The highest BCUT2D eigenvalue weighted by atomic mass is 16.5. The van der Waals surface area contributed by atoms with Crippen LogP contribution in [0.25, 0.3) is 0 Å². The summed E-state index contributed by atoms with van der Waals surface area (Å²) >= 11 is 0. The normalized spacial score (nSPS) is 23.1. The van der Waals surface area contributed by atoms with Crippen LogP contribution in [0.15, 0.2) is 66.7 Å². The van der Waals surface area contributed by atoms with Crippen LogP contribution < -0.4 is 15.4 Å². The highest BCUT2D eigenvalue weighted by Gasteiger charge is 2.32. The van der Waals surface area contributed by atoms with Crippen LogP contribution in [0.1, 0.15) is 69.5 Å². The van der Waals surface area contributed by atoms with Crippen molar-refractivity contribution in [2.45, 2.75) is 83.0 Å². The van der Waals surface area contributed by atoms with Gasteiger partial charge < -0.3 is 30.1 Å². The third-order valence-corrected chi connectivity index (χ3v) is 8.19. The molecule has 0 bridgehead atoms. The monoisotopic (exact) mass is 593 g/mol. The average molecular weight is 594 g/mol. The number of methoxy groups -OCH3 is 1. The second-order valence-electron chi connectivity index (χ2n) is 11.4. The van der Waals surface area contributed by atoms with E-state index in [2.05, 4.69) is 24.5 Å². The van der Waals surface area contributed by atoms with Crippen molar-refractivity contribution in [2.24, 2.45) is 5.92 Å². The molecule has 1 aliphatic rings. The van der Waals surface area contributed by atoms with Crippen LogP contribution >= 0.6 is 0 Å². The van der Waals surface area contributed by atoms with E-state index in [1.165, 1.54) is 0 Å². The van der Waals surface area contributed by atoms with E-state index < -0.39 is 18.2 Å². The van der Waals surface area contributed by atoms with Gasteiger partial charge in [-0.1, -0.05) is 81.3 Å². The summed E-state index contributed by atoms with van der Waals surface area (Å²) in [5, 5.41) is 18.2. The van der Waals surface area contributed by atoms with Gasteiger partial charge in [0.05, 0.1) is 25.9 Å². The van der Waals surface area contributed by atoms with Crippen molar-refractivity contribution >= 4 is 11.8 Å². The topological polar surface area (TPSA) is 100 Å². The Morgan fingerprint density at radius 3 is 2.53 bits per heavy atom. The van der Waals surface area contributed by atoms with E-state index in [0.29, 0.717) is 32.5 Å². The lowest BCUT2D eigenvalue weighted by atomic mass is 9.95. The summed E-state index contributed by atoms with van der Waals surface area (Å²) in [6, 6.07) is 16.4. The molecule has 0 saturated carbocycles. The standard InChI is InChI=1S/C35H51N3O5/c1-5-13-27(14-6-2)35(41)38(3)32-19-10-11-21-43-22-20-30(28-17-12-18-29(24-28)42-4)36-25-33(39)31(37-34(32)40)23-26-15-8-7-9-16-26/h7-12,15-18,24,27,30-33,36,39H,5-6,13-14,19-23,25H2,1-4H3,(H,37,40)/b11-10-/t30?,31-,32-,33+/m0/s1. The minimum absolute atomic E-state index is 0.00521. The predicted octanol–water partition coefficient (Wildman–Crippen LogP) is 4.82. The summed E-state index contributed by atoms with van der Waals surface area (Å²) < 4.78 is 11.4. The SMILES string of the molecule is CCCC(CCC)C(=O)N(C)[C@H]1C/C=C\COCCC(c2cccc(OC)c2)NC[C@@H](O)[C@H](Cc2ccccc2)NC1=O. The van der Waals surface area contributed by atoms with Gasteiger partial charge in [-0.05, 0) is 55.4 Å². The quantitative estimate of drug-likeness (QED) is 0.342. The second-order valence-corrected chi connectivity index (χ2v) is 11.4. The van der Waals surface area contributed by atoms with Gasteiger partial charge in [0, 0.05) is 32.2 Å². The number of nitrogens with one attached hydrogen (secondary N) is 2. The number of benzene rings is 2. The Labute approximate surface area is 257 Å². The van der Waals surface area contributed by atoms with Crippen LogP contribution in [-0.2, 0) is 20.7 Å². The molecule has 236 valence electrons. The lowest BCUT2D eigenvalue weighted by molar-refractivity contribution is -0.142. The minimum atomic E-state index is -0.881. The summed E-state index contributed by atoms with van der Waals surface area (Å²) in [5.74, 6) is 0.375. The van der Waals surface area contributed by atoms with E-state index in [1.807, 2.05) is 66.7 Å². The molecule has 2 aromatic carbocycles. The first kappa shape index (κ1) is 34.3. The van der Waals surface area contributed by atoms with Crippen LogP contribution in [-0.4, -0.2) is 73.9 Å². The number of amides is 2. The van der Waals surface area contributed by atoms with Crippen molar-refractivity contribution in [3.05, 3.63) is 77.9 Å². The number of aliphatic hydroxyl groups is 1. The zero-order chi connectivity index (χ0) is 31.0. The van der Waals surface area contributed by atoms with Crippen LogP contribution in [0.2, 0.25) is 0 Å². The minimum Gasteiger partial charge on any atom is -0.497 e. The number of β-amino-alcohol motifs (C(OH)–C–C–N with tert-alkyl or cyclic N) is 1. The average Bonchev–Trinajstić information content (AvgIpc) is 3.03. The lowest BCUT2D eigenvalue weighted by Gasteiger charge is -2.33. The highest BCUT2D eigenvalue weighted by molar-refractivity contribution is 5.88. The number of aliphatic hydroxyl groups excluding tert-OH is 1. The molecule has 1 unspecified atom stereocenters. The van der Waals surface area contributed by atoms with E-state index in [4.69, 9.17) is 9.47 Å². The fraction of sp³-hybridized carbons (Fsp3) is 0.543. The molecule has 2 amide bonds. The van der Waals surface area contributed by atoms with E-state index in [1.54, 1.807) is 19.1 Å². The third kappa shape index (κ3) is 10.8. The Morgan fingerprint density at radius 1 is 1.09 bits per heavy atom. The second kappa shape index (κ2) is 18.5. The van der Waals surface area contributed by atoms with Crippen LogP contribution in [0.5, 0.6) is 5.75 Å². The van der Waals surface area contributed by atoms with Crippen molar-refractivity contribution < 1.29 is 24.2 Å². The van der Waals surface area contributed by atoms with Crippen molar-refractivity contribution in [3.63, 3.8) is 0 Å². The molecule has 0 spiro atoms. The lowest BCUT2D eigenvalue weighted by Crippen LogP contribution is -2.55. The number of hydrogen-bond donors (Lipinski definition) is 3. The maximum absolute atomic E-state index is 13.9. The Kier molecular flexibility index (Phi) is 14.7.